The van der Waals surface area contributed by atoms with Crippen LogP contribution in [0, 0.1) is 0 Å². The Balaban J connectivity index is 2.23. The zero-order valence-corrected chi connectivity index (χ0v) is 8.25. The SMILES string of the molecule is CC(CC(=O)O)NC1CCC(=O)NC1. The first-order chi connectivity index (χ1) is 6.58. The van der Waals surface area contributed by atoms with Crippen molar-refractivity contribution >= 4 is 11.9 Å². The fourth-order valence-corrected chi connectivity index (χ4v) is 1.60. The summed E-state index contributed by atoms with van der Waals surface area (Å²) in [6, 6.07) is 0.162. The Labute approximate surface area is 82.9 Å². The summed E-state index contributed by atoms with van der Waals surface area (Å²) >= 11 is 0. The van der Waals surface area contributed by atoms with Gasteiger partial charge in [0.1, 0.15) is 0 Å². The zero-order chi connectivity index (χ0) is 10.6. The molecule has 0 aromatic rings. The van der Waals surface area contributed by atoms with Crippen LogP contribution >= 0.6 is 0 Å². The molecule has 0 aromatic heterocycles. The van der Waals surface area contributed by atoms with Crippen LogP contribution in [0.1, 0.15) is 26.2 Å². The molecule has 1 heterocycles. The first-order valence-electron chi connectivity index (χ1n) is 4.82. The van der Waals surface area contributed by atoms with Gasteiger partial charge in [-0.05, 0) is 13.3 Å². The van der Waals surface area contributed by atoms with Crippen LogP contribution in [0.3, 0.4) is 0 Å². The maximum atomic E-state index is 10.8. The second kappa shape index (κ2) is 4.95. The summed E-state index contributed by atoms with van der Waals surface area (Å²) in [5, 5.41) is 14.5. The van der Waals surface area contributed by atoms with Crippen molar-refractivity contribution in [2.75, 3.05) is 6.54 Å². The number of piperidine rings is 1. The molecule has 1 aliphatic heterocycles. The van der Waals surface area contributed by atoms with E-state index in [1.165, 1.54) is 0 Å². The fraction of sp³-hybridized carbons (Fsp3) is 0.778. The van der Waals surface area contributed by atoms with E-state index in [2.05, 4.69) is 10.6 Å². The second-order valence-electron chi connectivity index (χ2n) is 3.71. The molecule has 1 fully saturated rings. The van der Waals surface area contributed by atoms with Gasteiger partial charge in [-0.3, -0.25) is 9.59 Å². The number of nitrogens with one attached hydrogen (secondary N) is 2. The number of rotatable bonds is 4. The number of amides is 1. The van der Waals surface area contributed by atoms with Crippen molar-refractivity contribution in [3.8, 4) is 0 Å². The number of aliphatic carboxylic acids is 1. The lowest BCUT2D eigenvalue weighted by Crippen LogP contribution is -2.48. The normalized spacial score (nSPS) is 24.1. The molecule has 1 saturated heterocycles. The molecule has 0 bridgehead atoms. The number of carbonyl (C=O) groups is 2. The molecule has 0 spiro atoms. The van der Waals surface area contributed by atoms with Gasteiger partial charge in [-0.1, -0.05) is 0 Å². The number of carbonyl (C=O) groups excluding carboxylic acids is 1. The molecule has 1 aliphatic rings. The summed E-state index contributed by atoms with van der Waals surface area (Å²) in [4.78, 5) is 21.2. The van der Waals surface area contributed by atoms with E-state index in [0.29, 0.717) is 13.0 Å². The van der Waals surface area contributed by atoms with E-state index >= 15 is 0 Å². The number of carboxylic acid groups (broad SMARTS) is 1. The number of carboxylic acids is 1. The Bertz CT molecular complexity index is 220. The van der Waals surface area contributed by atoms with E-state index in [1.807, 2.05) is 6.92 Å². The van der Waals surface area contributed by atoms with E-state index in [0.717, 1.165) is 6.42 Å². The van der Waals surface area contributed by atoms with Crippen LogP contribution in [-0.2, 0) is 9.59 Å². The minimum atomic E-state index is -0.801. The molecular weight excluding hydrogens is 184 g/mol. The van der Waals surface area contributed by atoms with Crippen molar-refractivity contribution in [2.45, 2.75) is 38.3 Å². The predicted octanol–water partition coefficient (Wildman–Crippen LogP) is -0.282. The average molecular weight is 200 g/mol. The van der Waals surface area contributed by atoms with Crippen molar-refractivity contribution in [1.82, 2.24) is 10.6 Å². The first-order valence-corrected chi connectivity index (χ1v) is 4.82. The van der Waals surface area contributed by atoms with Crippen molar-refractivity contribution < 1.29 is 14.7 Å². The quantitative estimate of drug-likeness (QED) is 0.583. The van der Waals surface area contributed by atoms with E-state index in [4.69, 9.17) is 5.11 Å². The summed E-state index contributed by atoms with van der Waals surface area (Å²) in [6.45, 7) is 2.44. The van der Waals surface area contributed by atoms with Crippen molar-refractivity contribution in [3.63, 3.8) is 0 Å². The Kier molecular flexibility index (Phi) is 3.88. The Morgan fingerprint density at radius 1 is 1.79 bits per heavy atom. The monoisotopic (exact) mass is 200 g/mol. The minimum absolute atomic E-state index is 0.0486. The molecule has 3 N–H and O–H groups in total. The molecule has 1 amide bonds. The Morgan fingerprint density at radius 3 is 3.00 bits per heavy atom. The number of hydrogen-bond acceptors (Lipinski definition) is 3. The maximum Gasteiger partial charge on any atom is 0.304 e. The smallest absolute Gasteiger partial charge is 0.304 e. The third-order valence-electron chi connectivity index (χ3n) is 2.27. The van der Waals surface area contributed by atoms with Crippen LogP contribution in [0.15, 0.2) is 0 Å². The van der Waals surface area contributed by atoms with E-state index < -0.39 is 5.97 Å². The summed E-state index contributed by atoms with van der Waals surface area (Å²) < 4.78 is 0. The van der Waals surface area contributed by atoms with Gasteiger partial charge in [0.2, 0.25) is 5.91 Å². The van der Waals surface area contributed by atoms with Gasteiger partial charge >= 0.3 is 5.97 Å². The molecule has 0 aromatic carbocycles. The predicted molar refractivity (Wildman–Crippen MR) is 50.9 cm³/mol. The molecule has 0 saturated carbocycles. The maximum absolute atomic E-state index is 10.8. The Hall–Kier alpha value is -1.10. The van der Waals surface area contributed by atoms with Gasteiger partial charge in [-0.15, -0.1) is 0 Å². The van der Waals surface area contributed by atoms with Crippen molar-refractivity contribution in [2.24, 2.45) is 0 Å². The number of hydrogen-bond donors (Lipinski definition) is 3. The highest BCUT2D eigenvalue weighted by Gasteiger charge is 2.19. The largest absolute Gasteiger partial charge is 0.481 e. The molecule has 1 rings (SSSR count). The van der Waals surface area contributed by atoms with Gasteiger partial charge in [-0.25, -0.2) is 0 Å². The molecule has 14 heavy (non-hydrogen) atoms. The highest BCUT2D eigenvalue weighted by Crippen LogP contribution is 2.04. The summed E-state index contributed by atoms with van der Waals surface area (Å²) in [7, 11) is 0. The molecule has 0 aliphatic carbocycles. The third-order valence-corrected chi connectivity index (χ3v) is 2.27. The van der Waals surface area contributed by atoms with E-state index in [-0.39, 0.29) is 24.4 Å². The van der Waals surface area contributed by atoms with Gasteiger partial charge in [0.05, 0.1) is 6.42 Å². The highest BCUT2D eigenvalue weighted by molar-refractivity contribution is 5.76. The molecule has 5 nitrogen and oxygen atoms in total. The lowest BCUT2D eigenvalue weighted by molar-refractivity contribution is -0.137. The van der Waals surface area contributed by atoms with E-state index in [9.17, 15) is 9.59 Å². The van der Waals surface area contributed by atoms with Crippen LogP contribution in [0.5, 0.6) is 0 Å². The van der Waals surface area contributed by atoms with Crippen LogP contribution < -0.4 is 10.6 Å². The highest BCUT2D eigenvalue weighted by atomic mass is 16.4. The molecule has 2 atom stereocenters. The van der Waals surface area contributed by atoms with Crippen LogP contribution in [-0.4, -0.2) is 35.6 Å². The molecule has 2 unspecified atom stereocenters. The third kappa shape index (κ3) is 3.74. The minimum Gasteiger partial charge on any atom is -0.481 e. The summed E-state index contributed by atoms with van der Waals surface area (Å²) in [5.74, 6) is -0.723. The van der Waals surface area contributed by atoms with Gasteiger partial charge in [-0.2, -0.15) is 0 Å². The molecule has 5 heteroatoms. The van der Waals surface area contributed by atoms with Crippen molar-refractivity contribution in [1.29, 1.82) is 0 Å². The average Bonchev–Trinajstić information content (AvgIpc) is 2.07. The Morgan fingerprint density at radius 2 is 2.50 bits per heavy atom. The first kappa shape index (κ1) is 11.0. The van der Waals surface area contributed by atoms with Gasteiger partial charge < -0.3 is 15.7 Å². The van der Waals surface area contributed by atoms with Gasteiger partial charge in [0.15, 0.2) is 0 Å². The van der Waals surface area contributed by atoms with Crippen LogP contribution in [0.2, 0.25) is 0 Å². The van der Waals surface area contributed by atoms with Gasteiger partial charge in [0, 0.05) is 25.0 Å². The lowest BCUT2D eigenvalue weighted by atomic mass is 10.1. The van der Waals surface area contributed by atoms with Crippen LogP contribution in [0.25, 0.3) is 0 Å². The van der Waals surface area contributed by atoms with Crippen molar-refractivity contribution in [3.05, 3.63) is 0 Å². The second-order valence-corrected chi connectivity index (χ2v) is 3.71. The van der Waals surface area contributed by atoms with Crippen LogP contribution in [0.4, 0.5) is 0 Å². The zero-order valence-electron chi connectivity index (χ0n) is 8.25. The molecule has 0 radical (unpaired) electrons. The summed E-state index contributed by atoms with van der Waals surface area (Å²) in [5.41, 5.74) is 0. The standard InChI is InChI=1S/C9H16N2O3/c1-6(4-9(13)14)11-7-2-3-8(12)10-5-7/h6-7,11H,2-5H2,1H3,(H,10,12)(H,13,14). The van der Waals surface area contributed by atoms with Gasteiger partial charge in [0.25, 0.3) is 0 Å². The molecule has 80 valence electrons. The lowest BCUT2D eigenvalue weighted by Gasteiger charge is -2.26. The molecular formula is C9H16N2O3. The summed E-state index contributed by atoms with van der Waals surface area (Å²) in [6.07, 6.45) is 1.43. The van der Waals surface area contributed by atoms with E-state index in [1.54, 1.807) is 0 Å². The topological polar surface area (TPSA) is 78.4 Å². The fourth-order valence-electron chi connectivity index (χ4n) is 1.60.